The molecule has 2 aromatic rings. The molecule has 0 saturated heterocycles. The number of nitrogens with zero attached hydrogens (tertiary/aromatic N) is 3. The third kappa shape index (κ3) is 2.91. The first-order valence-corrected chi connectivity index (χ1v) is 7.10. The first-order valence-electron chi connectivity index (χ1n) is 7.10. The second-order valence-electron chi connectivity index (χ2n) is 5.44. The van der Waals surface area contributed by atoms with E-state index >= 15 is 0 Å². The number of amides is 1. The van der Waals surface area contributed by atoms with Crippen molar-refractivity contribution >= 4 is 5.91 Å². The average Bonchev–Trinajstić information content (AvgIpc) is 3.14. The highest BCUT2D eigenvalue weighted by Crippen LogP contribution is 2.24. The molecule has 0 spiro atoms. The lowest BCUT2D eigenvalue weighted by Gasteiger charge is -2.21. The van der Waals surface area contributed by atoms with E-state index in [2.05, 4.69) is 20.6 Å². The van der Waals surface area contributed by atoms with Gasteiger partial charge in [-0.3, -0.25) is 14.6 Å². The Morgan fingerprint density at radius 2 is 2.38 bits per heavy atom. The molecule has 2 atom stereocenters. The molecule has 0 aromatic carbocycles. The summed E-state index contributed by atoms with van der Waals surface area (Å²) in [5.74, 6) is 0.566. The first-order chi connectivity index (χ1) is 10.1. The van der Waals surface area contributed by atoms with E-state index in [-0.39, 0.29) is 18.1 Å². The zero-order valence-corrected chi connectivity index (χ0v) is 12.2. The van der Waals surface area contributed by atoms with Crippen molar-refractivity contribution in [3.63, 3.8) is 0 Å². The lowest BCUT2D eigenvalue weighted by Crippen LogP contribution is -2.42. The Morgan fingerprint density at radius 3 is 3.05 bits per heavy atom. The fraction of sp³-hybridized carbons (Fsp3) is 0.500. The van der Waals surface area contributed by atoms with E-state index in [1.54, 1.807) is 17.1 Å². The Kier molecular flexibility index (Phi) is 3.64. The van der Waals surface area contributed by atoms with Crippen molar-refractivity contribution in [2.24, 2.45) is 7.05 Å². The summed E-state index contributed by atoms with van der Waals surface area (Å²) in [5, 5.41) is 13.8. The third-order valence-electron chi connectivity index (χ3n) is 3.76. The number of nitrogens with one attached hydrogen (secondary N) is 2. The maximum atomic E-state index is 12.3. The number of carbonyl (C=O) groups excluding carboxylic acids is 1. The standard InChI is InChI=1S/C14H19N5O2/c1-9-8-19(2)18-13(9)14(20)17-11-4-3-5-12(11)21-10-6-15-16-7-10/h6-8,11-12H,3-5H2,1-2H3,(H,15,16)(H,17,20)/t11-,12+/m0/s1. The highest BCUT2D eigenvalue weighted by atomic mass is 16.5. The van der Waals surface area contributed by atoms with Gasteiger partial charge in [0.2, 0.25) is 0 Å². The number of ether oxygens (including phenoxy) is 1. The summed E-state index contributed by atoms with van der Waals surface area (Å²) >= 11 is 0. The molecule has 2 aromatic heterocycles. The number of aryl methyl sites for hydroxylation is 2. The Hall–Kier alpha value is -2.31. The molecule has 112 valence electrons. The van der Waals surface area contributed by atoms with Crippen molar-refractivity contribution in [1.29, 1.82) is 0 Å². The van der Waals surface area contributed by atoms with E-state index in [9.17, 15) is 4.79 Å². The maximum absolute atomic E-state index is 12.3. The summed E-state index contributed by atoms with van der Waals surface area (Å²) in [7, 11) is 1.81. The lowest BCUT2D eigenvalue weighted by molar-refractivity contribution is 0.0887. The van der Waals surface area contributed by atoms with Crippen molar-refractivity contribution in [1.82, 2.24) is 25.3 Å². The van der Waals surface area contributed by atoms with E-state index in [1.165, 1.54) is 0 Å². The maximum Gasteiger partial charge on any atom is 0.272 e. The molecule has 1 aliphatic carbocycles. The zero-order valence-electron chi connectivity index (χ0n) is 12.2. The number of H-pyrrole nitrogens is 1. The van der Waals surface area contributed by atoms with Crippen molar-refractivity contribution in [2.75, 3.05) is 0 Å². The number of carbonyl (C=O) groups is 1. The highest BCUT2D eigenvalue weighted by Gasteiger charge is 2.31. The van der Waals surface area contributed by atoms with Gasteiger partial charge in [-0.15, -0.1) is 0 Å². The lowest BCUT2D eigenvalue weighted by atomic mass is 10.2. The zero-order chi connectivity index (χ0) is 14.8. The summed E-state index contributed by atoms with van der Waals surface area (Å²) in [5.41, 5.74) is 1.35. The molecule has 0 bridgehead atoms. The molecule has 2 heterocycles. The SMILES string of the molecule is Cc1cn(C)nc1C(=O)N[C@H]1CCC[C@H]1Oc1cn[nH]c1. The summed E-state index contributed by atoms with van der Waals surface area (Å²) in [6.45, 7) is 1.88. The van der Waals surface area contributed by atoms with Gasteiger partial charge in [-0.1, -0.05) is 0 Å². The van der Waals surface area contributed by atoms with Crippen LogP contribution in [0.3, 0.4) is 0 Å². The fourth-order valence-corrected chi connectivity index (χ4v) is 2.78. The first kappa shape index (κ1) is 13.7. The molecule has 1 saturated carbocycles. The van der Waals surface area contributed by atoms with Gasteiger partial charge < -0.3 is 10.1 Å². The van der Waals surface area contributed by atoms with E-state index in [1.807, 2.05) is 20.2 Å². The van der Waals surface area contributed by atoms with Gasteiger partial charge in [-0.2, -0.15) is 10.2 Å². The third-order valence-corrected chi connectivity index (χ3v) is 3.76. The van der Waals surface area contributed by atoms with Gasteiger partial charge in [-0.25, -0.2) is 0 Å². The summed E-state index contributed by atoms with van der Waals surface area (Å²) in [4.78, 5) is 12.3. The molecule has 0 aliphatic heterocycles. The molecule has 0 unspecified atom stereocenters. The van der Waals surface area contributed by atoms with Gasteiger partial charge in [0.15, 0.2) is 11.4 Å². The van der Waals surface area contributed by atoms with Crippen LogP contribution in [0.1, 0.15) is 35.3 Å². The van der Waals surface area contributed by atoms with E-state index in [4.69, 9.17) is 4.74 Å². The van der Waals surface area contributed by atoms with Crippen LogP contribution in [0, 0.1) is 6.92 Å². The second kappa shape index (κ2) is 5.59. The van der Waals surface area contributed by atoms with Gasteiger partial charge in [0.05, 0.1) is 18.4 Å². The Balaban J connectivity index is 1.66. The largest absolute Gasteiger partial charge is 0.485 e. The van der Waals surface area contributed by atoms with Crippen molar-refractivity contribution in [3.8, 4) is 5.75 Å². The minimum absolute atomic E-state index is 0.00815. The molecule has 3 rings (SSSR count). The summed E-state index contributed by atoms with van der Waals surface area (Å²) in [6.07, 6.45) is 8.05. The number of aromatic nitrogens is 4. The van der Waals surface area contributed by atoms with Crippen LogP contribution in [0.2, 0.25) is 0 Å². The molecule has 2 N–H and O–H groups in total. The van der Waals surface area contributed by atoms with Crippen LogP contribution >= 0.6 is 0 Å². The minimum atomic E-state index is -0.138. The molecular formula is C14H19N5O2. The average molecular weight is 289 g/mol. The molecule has 1 aliphatic rings. The van der Waals surface area contributed by atoms with Crippen molar-refractivity contribution < 1.29 is 9.53 Å². The van der Waals surface area contributed by atoms with Gasteiger partial charge >= 0.3 is 0 Å². The van der Waals surface area contributed by atoms with Gasteiger partial charge in [0, 0.05) is 18.8 Å². The molecule has 1 fully saturated rings. The predicted molar refractivity (Wildman–Crippen MR) is 76.1 cm³/mol. The summed E-state index contributed by atoms with van der Waals surface area (Å²) in [6, 6.07) is 0.00815. The second-order valence-corrected chi connectivity index (χ2v) is 5.44. The van der Waals surface area contributed by atoms with Gasteiger partial charge in [-0.05, 0) is 26.2 Å². The quantitative estimate of drug-likeness (QED) is 0.885. The van der Waals surface area contributed by atoms with E-state index < -0.39 is 0 Å². The van der Waals surface area contributed by atoms with Crippen LogP contribution in [-0.2, 0) is 7.05 Å². The Bertz CT molecular complexity index is 619. The van der Waals surface area contributed by atoms with Crippen LogP contribution in [0.15, 0.2) is 18.6 Å². The molecular weight excluding hydrogens is 270 g/mol. The number of rotatable bonds is 4. The number of hydrogen-bond donors (Lipinski definition) is 2. The molecule has 7 heteroatoms. The number of aromatic amines is 1. The van der Waals surface area contributed by atoms with Crippen molar-refractivity contribution in [3.05, 3.63) is 29.8 Å². The van der Waals surface area contributed by atoms with Gasteiger partial charge in [0.25, 0.3) is 5.91 Å². The monoisotopic (exact) mass is 289 g/mol. The minimum Gasteiger partial charge on any atom is -0.485 e. The normalized spacial score (nSPS) is 21.4. The van der Waals surface area contributed by atoms with Crippen LogP contribution < -0.4 is 10.1 Å². The Labute approximate surface area is 122 Å². The van der Waals surface area contributed by atoms with Crippen LogP contribution in [-0.4, -0.2) is 38.0 Å². The van der Waals surface area contributed by atoms with E-state index in [0.717, 1.165) is 24.8 Å². The molecule has 0 radical (unpaired) electrons. The number of hydrogen-bond acceptors (Lipinski definition) is 4. The fourth-order valence-electron chi connectivity index (χ4n) is 2.78. The van der Waals surface area contributed by atoms with E-state index in [0.29, 0.717) is 11.4 Å². The summed E-state index contributed by atoms with van der Waals surface area (Å²) < 4.78 is 7.52. The predicted octanol–water partition coefficient (Wildman–Crippen LogP) is 1.18. The van der Waals surface area contributed by atoms with Gasteiger partial charge in [0.1, 0.15) is 6.10 Å². The van der Waals surface area contributed by atoms with Crippen LogP contribution in [0.25, 0.3) is 0 Å². The smallest absolute Gasteiger partial charge is 0.272 e. The highest BCUT2D eigenvalue weighted by molar-refractivity contribution is 5.93. The van der Waals surface area contributed by atoms with Crippen LogP contribution in [0.4, 0.5) is 0 Å². The Morgan fingerprint density at radius 1 is 1.52 bits per heavy atom. The molecule has 1 amide bonds. The van der Waals surface area contributed by atoms with Crippen molar-refractivity contribution in [2.45, 2.75) is 38.3 Å². The molecule has 7 nitrogen and oxygen atoms in total. The molecule has 21 heavy (non-hydrogen) atoms. The topological polar surface area (TPSA) is 84.8 Å². The van der Waals surface area contributed by atoms with Crippen LogP contribution in [0.5, 0.6) is 5.75 Å².